The molecule has 3 unspecified atom stereocenters. The maximum Gasteiger partial charge on any atom is 0.224 e. The van der Waals surface area contributed by atoms with Crippen LogP contribution in [0.5, 0.6) is 0 Å². The lowest BCUT2D eigenvalue weighted by molar-refractivity contribution is -0.137. The highest BCUT2D eigenvalue weighted by Crippen LogP contribution is 2.36. The molecule has 2 aliphatic heterocycles. The van der Waals surface area contributed by atoms with Gasteiger partial charge in [0.05, 0.1) is 6.04 Å². The van der Waals surface area contributed by atoms with Crippen molar-refractivity contribution in [3.8, 4) is 0 Å². The monoisotopic (exact) mass is 332 g/mol. The number of nitrogens with one attached hydrogen (secondary N) is 1. The fraction of sp³-hybridized carbons (Fsp3) is 0.632. The molecule has 23 heavy (non-hydrogen) atoms. The number of aryl methyl sites for hydroxylation is 1. The van der Waals surface area contributed by atoms with E-state index in [9.17, 15) is 4.79 Å². The first-order valence-electron chi connectivity index (χ1n) is 8.82. The second-order valence-electron chi connectivity index (χ2n) is 6.99. The highest BCUT2D eigenvalue weighted by atomic mass is 32.2. The quantitative estimate of drug-likeness (QED) is 0.921. The van der Waals surface area contributed by atoms with E-state index >= 15 is 0 Å². The summed E-state index contributed by atoms with van der Waals surface area (Å²) >= 11 is 1.96. The molecule has 0 radical (unpaired) electrons. The standard InChI is InChI=1S/C19H28N2OS/c1-14-5-7-16(8-6-14)19-15(2)4-3-10-21(19)18(22)12-17-13-23-11-9-20-17/h5-8,15,17,19-20H,3-4,9-13H2,1-2H3. The smallest absolute Gasteiger partial charge is 0.224 e. The van der Waals surface area contributed by atoms with Gasteiger partial charge in [-0.2, -0.15) is 11.8 Å². The number of benzene rings is 1. The molecule has 1 N–H and O–H groups in total. The van der Waals surface area contributed by atoms with Gasteiger partial charge < -0.3 is 10.2 Å². The predicted molar refractivity (Wildman–Crippen MR) is 97.8 cm³/mol. The summed E-state index contributed by atoms with van der Waals surface area (Å²) in [6, 6.07) is 9.33. The maximum absolute atomic E-state index is 12.9. The minimum atomic E-state index is 0.244. The van der Waals surface area contributed by atoms with E-state index in [2.05, 4.69) is 48.3 Å². The highest BCUT2D eigenvalue weighted by Gasteiger charge is 2.33. The third kappa shape index (κ3) is 4.10. The predicted octanol–water partition coefficient (Wildman–Crippen LogP) is 3.39. The van der Waals surface area contributed by atoms with Crippen molar-refractivity contribution in [1.82, 2.24) is 10.2 Å². The number of piperidine rings is 1. The second-order valence-corrected chi connectivity index (χ2v) is 8.14. The average molecular weight is 333 g/mol. The SMILES string of the molecule is Cc1ccc(C2C(C)CCCN2C(=O)CC2CSCCN2)cc1. The summed E-state index contributed by atoms with van der Waals surface area (Å²) in [5, 5.41) is 3.49. The Bertz CT molecular complexity index is 525. The van der Waals surface area contributed by atoms with Crippen molar-refractivity contribution in [3.05, 3.63) is 35.4 Å². The van der Waals surface area contributed by atoms with Crippen LogP contribution in [0.15, 0.2) is 24.3 Å². The van der Waals surface area contributed by atoms with Gasteiger partial charge in [-0.1, -0.05) is 36.8 Å². The zero-order chi connectivity index (χ0) is 16.2. The van der Waals surface area contributed by atoms with E-state index in [0.29, 0.717) is 24.3 Å². The molecule has 0 aliphatic carbocycles. The van der Waals surface area contributed by atoms with Gasteiger partial charge in [-0.3, -0.25) is 4.79 Å². The highest BCUT2D eigenvalue weighted by molar-refractivity contribution is 7.99. The van der Waals surface area contributed by atoms with Crippen molar-refractivity contribution in [3.63, 3.8) is 0 Å². The van der Waals surface area contributed by atoms with E-state index in [1.165, 1.54) is 17.5 Å². The Balaban J connectivity index is 1.74. The van der Waals surface area contributed by atoms with Gasteiger partial charge in [-0.25, -0.2) is 0 Å². The van der Waals surface area contributed by atoms with E-state index in [4.69, 9.17) is 0 Å². The summed E-state index contributed by atoms with van der Waals surface area (Å²) < 4.78 is 0. The van der Waals surface area contributed by atoms with Gasteiger partial charge >= 0.3 is 0 Å². The zero-order valence-electron chi connectivity index (χ0n) is 14.3. The Hall–Kier alpha value is -1.00. The van der Waals surface area contributed by atoms with Gasteiger partial charge in [0.1, 0.15) is 0 Å². The molecule has 1 aromatic rings. The van der Waals surface area contributed by atoms with Crippen LogP contribution in [0.1, 0.15) is 43.4 Å². The Morgan fingerprint density at radius 1 is 1.35 bits per heavy atom. The largest absolute Gasteiger partial charge is 0.335 e. The Morgan fingerprint density at radius 2 is 2.13 bits per heavy atom. The van der Waals surface area contributed by atoms with Crippen molar-refractivity contribution < 1.29 is 4.79 Å². The Morgan fingerprint density at radius 3 is 2.83 bits per heavy atom. The fourth-order valence-electron chi connectivity index (χ4n) is 3.82. The summed E-state index contributed by atoms with van der Waals surface area (Å²) in [6.07, 6.45) is 2.98. The molecule has 1 amide bonds. The van der Waals surface area contributed by atoms with Crippen LogP contribution in [0.4, 0.5) is 0 Å². The molecule has 2 aliphatic rings. The van der Waals surface area contributed by atoms with E-state index < -0.39 is 0 Å². The minimum Gasteiger partial charge on any atom is -0.335 e. The van der Waals surface area contributed by atoms with Gasteiger partial charge in [0.25, 0.3) is 0 Å². The zero-order valence-corrected chi connectivity index (χ0v) is 15.1. The first-order valence-corrected chi connectivity index (χ1v) is 9.98. The van der Waals surface area contributed by atoms with Crippen LogP contribution in [0, 0.1) is 12.8 Å². The van der Waals surface area contributed by atoms with Crippen molar-refractivity contribution in [2.24, 2.45) is 5.92 Å². The van der Waals surface area contributed by atoms with E-state index in [-0.39, 0.29) is 6.04 Å². The third-order valence-electron chi connectivity index (χ3n) is 5.09. The Kier molecular flexibility index (Phi) is 5.65. The molecule has 0 aromatic heterocycles. The maximum atomic E-state index is 12.9. The molecular formula is C19H28N2OS. The molecule has 0 saturated carbocycles. The molecule has 3 atom stereocenters. The van der Waals surface area contributed by atoms with Crippen molar-refractivity contribution in [2.45, 2.75) is 45.2 Å². The second kappa shape index (κ2) is 7.71. The number of likely N-dealkylation sites (tertiary alicyclic amines) is 1. The van der Waals surface area contributed by atoms with Gasteiger partial charge in [0.15, 0.2) is 0 Å². The van der Waals surface area contributed by atoms with Gasteiger partial charge in [-0.15, -0.1) is 0 Å². The molecule has 126 valence electrons. The minimum absolute atomic E-state index is 0.244. The number of nitrogens with zero attached hydrogens (tertiary/aromatic N) is 1. The summed E-state index contributed by atoms with van der Waals surface area (Å²) in [5.41, 5.74) is 2.57. The summed E-state index contributed by atoms with van der Waals surface area (Å²) in [5.74, 6) is 3.08. The van der Waals surface area contributed by atoms with Crippen LogP contribution in [-0.2, 0) is 4.79 Å². The third-order valence-corrected chi connectivity index (χ3v) is 6.22. The topological polar surface area (TPSA) is 32.3 Å². The number of carbonyl (C=O) groups is 1. The summed E-state index contributed by atoms with van der Waals surface area (Å²) in [6.45, 7) is 6.34. The molecule has 0 bridgehead atoms. The van der Waals surface area contributed by atoms with E-state index in [1.807, 2.05) is 11.8 Å². The van der Waals surface area contributed by atoms with Gasteiger partial charge in [0, 0.05) is 37.1 Å². The van der Waals surface area contributed by atoms with Crippen molar-refractivity contribution >= 4 is 17.7 Å². The van der Waals surface area contributed by atoms with Crippen LogP contribution in [0.25, 0.3) is 0 Å². The first kappa shape index (κ1) is 16.8. The first-order chi connectivity index (χ1) is 11.1. The lowest BCUT2D eigenvalue weighted by Gasteiger charge is -2.41. The molecule has 3 rings (SSSR count). The molecule has 2 saturated heterocycles. The number of rotatable bonds is 3. The van der Waals surface area contributed by atoms with Gasteiger partial charge in [-0.05, 0) is 31.2 Å². The number of amides is 1. The average Bonchev–Trinajstić information content (AvgIpc) is 2.56. The summed E-state index contributed by atoms with van der Waals surface area (Å²) in [7, 11) is 0. The normalized spacial score (nSPS) is 28.6. The van der Waals surface area contributed by atoms with E-state index in [0.717, 1.165) is 31.0 Å². The van der Waals surface area contributed by atoms with E-state index in [1.54, 1.807) is 0 Å². The lowest BCUT2D eigenvalue weighted by Crippen LogP contribution is -2.46. The van der Waals surface area contributed by atoms with Crippen LogP contribution < -0.4 is 5.32 Å². The Labute approximate surface area is 144 Å². The molecule has 2 fully saturated rings. The van der Waals surface area contributed by atoms with Crippen LogP contribution in [0.3, 0.4) is 0 Å². The number of hydrogen-bond donors (Lipinski definition) is 1. The van der Waals surface area contributed by atoms with Crippen LogP contribution >= 0.6 is 11.8 Å². The molecule has 4 heteroatoms. The molecule has 3 nitrogen and oxygen atoms in total. The van der Waals surface area contributed by atoms with Crippen molar-refractivity contribution in [1.29, 1.82) is 0 Å². The number of thioether (sulfide) groups is 1. The fourth-order valence-corrected chi connectivity index (χ4v) is 4.77. The van der Waals surface area contributed by atoms with Crippen LogP contribution in [0.2, 0.25) is 0 Å². The molecule has 2 heterocycles. The van der Waals surface area contributed by atoms with Crippen molar-refractivity contribution in [2.75, 3.05) is 24.6 Å². The molecular weight excluding hydrogens is 304 g/mol. The summed E-state index contributed by atoms with van der Waals surface area (Å²) in [4.78, 5) is 15.1. The number of hydrogen-bond acceptors (Lipinski definition) is 3. The lowest BCUT2D eigenvalue weighted by atomic mass is 9.85. The van der Waals surface area contributed by atoms with Gasteiger partial charge in [0.2, 0.25) is 5.91 Å². The van der Waals surface area contributed by atoms with Crippen LogP contribution in [-0.4, -0.2) is 41.4 Å². The molecule has 0 spiro atoms. The molecule has 1 aromatic carbocycles. The number of carbonyl (C=O) groups excluding carboxylic acids is 1.